The Labute approximate surface area is 170 Å². The number of sulfonamides is 1. The van der Waals surface area contributed by atoms with Crippen molar-refractivity contribution in [2.45, 2.75) is 23.7 Å². The Bertz CT molecular complexity index is 1070. The number of benzene rings is 3. The van der Waals surface area contributed by atoms with Crippen LogP contribution in [-0.2, 0) is 21.2 Å². The fraction of sp³-hybridized carbons (Fsp3) is 0.174. The van der Waals surface area contributed by atoms with Crippen LogP contribution in [0.25, 0.3) is 0 Å². The highest BCUT2D eigenvalue weighted by molar-refractivity contribution is 7.89. The fourth-order valence-corrected chi connectivity index (χ4v) is 4.70. The van der Waals surface area contributed by atoms with E-state index in [2.05, 4.69) is 10.0 Å². The summed E-state index contributed by atoms with van der Waals surface area (Å²) in [6.07, 6.45) is 0.912. The summed E-state index contributed by atoms with van der Waals surface area (Å²) in [6.45, 7) is 0.254. The van der Waals surface area contributed by atoms with Crippen molar-refractivity contribution in [1.82, 2.24) is 4.72 Å². The normalized spacial score (nSPS) is 13.8. The first-order valence-corrected chi connectivity index (χ1v) is 11.0. The average Bonchev–Trinajstić information content (AvgIpc) is 2.75. The van der Waals surface area contributed by atoms with Gasteiger partial charge in [0.15, 0.2) is 0 Å². The van der Waals surface area contributed by atoms with Crippen LogP contribution < -0.4 is 10.0 Å². The van der Waals surface area contributed by atoms with Crippen LogP contribution in [0.15, 0.2) is 83.8 Å². The minimum atomic E-state index is -3.68. The highest BCUT2D eigenvalue weighted by Crippen LogP contribution is 2.27. The Morgan fingerprint density at radius 3 is 2.10 bits per heavy atom. The summed E-state index contributed by atoms with van der Waals surface area (Å²) < 4.78 is 28.7. The first-order valence-electron chi connectivity index (χ1n) is 9.55. The molecule has 148 valence electrons. The van der Waals surface area contributed by atoms with Crippen molar-refractivity contribution >= 4 is 21.6 Å². The summed E-state index contributed by atoms with van der Waals surface area (Å²) in [5.41, 5.74) is 3.63. The lowest BCUT2D eigenvalue weighted by molar-refractivity contribution is -0.116. The molecule has 6 heteroatoms. The van der Waals surface area contributed by atoms with Crippen molar-refractivity contribution in [2.75, 3.05) is 11.9 Å². The molecule has 3 aromatic carbocycles. The third kappa shape index (κ3) is 4.39. The van der Waals surface area contributed by atoms with Gasteiger partial charge in [-0.05, 0) is 41.3 Å². The van der Waals surface area contributed by atoms with E-state index in [4.69, 9.17) is 0 Å². The van der Waals surface area contributed by atoms with Crippen molar-refractivity contribution in [3.05, 3.63) is 95.6 Å². The van der Waals surface area contributed by atoms with Crippen LogP contribution >= 0.6 is 0 Å². The van der Waals surface area contributed by atoms with Gasteiger partial charge in [-0.15, -0.1) is 0 Å². The highest BCUT2D eigenvalue weighted by atomic mass is 32.2. The van der Waals surface area contributed by atoms with E-state index in [1.807, 2.05) is 60.7 Å². The number of carbonyl (C=O) groups is 1. The molecule has 1 aliphatic rings. The van der Waals surface area contributed by atoms with Gasteiger partial charge in [0, 0.05) is 24.6 Å². The molecule has 29 heavy (non-hydrogen) atoms. The third-order valence-electron chi connectivity index (χ3n) is 5.16. The SMILES string of the molecule is O=C1CCc2cc(S(=O)(=O)NCC(c3ccccc3)c3ccccc3)ccc2N1. The first-order chi connectivity index (χ1) is 14.0. The minimum Gasteiger partial charge on any atom is -0.326 e. The summed E-state index contributed by atoms with van der Waals surface area (Å²) in [7, 11) is -3.68. The average molecular weight is 407 g/mol. The van der Waals surface area contributed by atoms with E-state index in [1.54, 1.807) is 12.1 Å². The standard InChI is InChI=1S/C23H22N2O3S/c26-23-14-11-19-15-20(12-13-22(19)25-23)29(27,28)24-16-21(17-7-3-1-4-8-17)18-9-5-2-6-10-18/h1-10,12-13,15,21,24H,11,14,16H2,(H,25,26). The van der Waals surface area contributed by atoms with E-state index in [0.29, 0.717) is 18.5 Å². The van der Waals surface area contributed by atoms with Crippen LogP contribution in [0.4, 0.5) is 5.69 Å². The molecule has 0 spiro atoms. The number of hydrogen-bond acceptors (Lipinski definition) is 3. The zero-order valence-electron chi connectivity index (χ0n) is 15.8. The quantitative estimate of drug-likeness (QED) is 0.656. The van der Waals surface area contributed by atoms with E-state index < -0.39 is 10.0 Å². The molecule has 1 aliphatic heterocycles. The Balaban J connectivity index is 1.58. The maximum absolute atomic E-state index is 13.0. The molecule has 1 heterocycles. The lowest BCUT2D eigenvalue weighted by Crippen LogP contribution is -2.29. The topological polar surface area (TPSA) is 75.3 Å². The summed E-state index contributed by atoms with van der Waals surface area (Å²) >= 11 is 0. The van der Waals surface area contributed by atoms with Gasteiger partial charge < -0.3 is 5.32 Å². The second-order valence-electron chi connectivity index (χ2n) is 7.09. The van der Waals surface area contributed by atoms with Gasteiger partial charge in [0.25, 0.3) is 0 Å². The molecule has 0 radical (unpaired) electrons. The van der Waals surface area contributed by atoms with Gasteiger partial charge in [0.2, 0.25) is 15.9 Å². The van der Waals surface area contributed by atoms with Gasteiger partial charge in [0.1, 0.15) is 0 Å². The number of nitrogens with one attached hydrogen (secondary N) is 2. The van der Waals surface area contributed by atoms with Crippen LogP contribution in [0, 0.1) is 0 Å². The molecule has 0 aliphatic carbocycles. The number of rotatable bonds is 6. The van der Waals surface area contributed by atoms with Gasteiger partial charge in [-0.3, -0.25) is 4.79 Å². The van der Waals surface area contributed by atoms with Crippen LogP contribution in [0.3, 0.4) is 0 Å². The van der Waals surface area contributed by atoms with Crippen molar-refractivity contribution in [2.24, 2.45) is 0 Å². The number of amides is 1. The predicted octanol–water partition coefficient (Wildman–Crippen LogP) is 3.68. The van der Waals surface area contributed by atoms with Crippen molar-refractivity contribution in [3.63, 3.8) is 0 Å². The maximum Gasteiger partial charge on any atom is 0.240 e. The van der Waals surface area contributed by atoms with Gasteiger partial charge in [-0.25, -0.2) is 13.1 Å². The van der Waals surface area contributed by atoms with E-state index in [0.717, 1.165) is 16.7 Å². The molecular formula is C23H22N2O3S. The van der Waals surface area contributed by atoms with Crippen LogP contribution in [0.1, 0.15) is 29.0 Å². The zero-order chi connectivity index (χ0) is 20.3. The molecule has 0 saturated carbocycles. The van der Waals surface area contributed by atoms with E-state index >= 15 is 0 Å². The molecule has 0 fully saturated rings. The van der Waals surface area contributed by atoms with Gasteiger partial charge in [0.05, 0.1) is 4.90 Å². The van der Waals surface area contributed by atoms with Gasteiger partial charge >= 0.3 is 0 Å². The molecular weight excluding hydrogens is 384 g/mol. The van der Waals surface area contributed by atoms with Crippen molar-refractivity contribution < 1.29 is 13.2 Å². The number of fused-ring (bicyclic) bond motifs is 1. The van der Waals surface area contributed by atoms with Crippen molar-refractivity contribution in [1.29, 1.82) is 0 Å². The second kappa shape index (κ2) is 8.19. The molecule has 0 unspecified atom stereocenters. The van der Waals surface area contributed by atoms with E-state index in [-0.39, 0.29) is 23.3 Å². The molecule has 5 nitrogen and oxygen atoms in total. The summed E-state index contributed by atoms with van der Waals surface area (Å²) in [5, 5.41) is 2.78. The van der Waals surface area contributed by atoms with Crippen LogP contribution in [-0.4, -0.2) is 20.9 Å². The number of aryl methyl sites for hydroxylation is 1. The molecule has 1 amide bonds. The Hall–Kier alpha value is -2.96. The molecule has 3 aromatic rings. The van der Waals surface area contributed by atoms with Crippen LogP contribution in [0.5, 0.6) is 0 Å². The zero-order valence-corrected chi connectivity index (χ0v) is 16.7. The molecule has 0 aromatic heterocycles. The van der Waals surface area contributed by atoms with Gasteiger partial charge in [-0.2, -0.15) is 0 Å². The smallest absolute Gasteiger partial charge is 0.240 e. The van der Waals surface area contributed by atoms with E-state index in [9.17, 15) is 13.2 Å². The lowest BCUT2D eigenvalue weighted by atomic mass is 9.92. The maximum atomic E-state index is 13.0. The predicted molar refractivity (Wildman–Crippen MR) is 113 cm³/mol. The highest BCUT2D eigenvalue weighted by Gasteiger charge is 2.22. The molecule has 0 bridgehead atoms. The monoisotopic (exact) mass is 406 g/mol. The third-order valence-corrected chi connectivity index (χ3v) is 6.59. The van der Waals surface area contributed by atoms with Crippen molar-refractivity contribution in [3.8, 4) is 0 Å². The summed E-state index contributed by atoms with van der Waals surface area (Å²) in [4.78, 5) is 11.7. The fourth-order valence-electron chi connectivity index (χ4n) is 3.60. The van der Waals surface area contributed by atoms with Gasteiger partial charge in [-0.1, -0.05) is 60.7 Å². The first kappa shape index (κ1) is 19.4. The van der Waals surface area contributed by atoms with Crippen LogP contribution in [0.2, 0.25) is 0 Å². The minimum absolute atomic E-state index is 0.0419. The number of anilines is 1. The number of carbonyl (C=O) groups excluding carboxylic acids is 1. The molecule has 0 atom stereocenters. The van der Waals surface area contributed by atoms with E-state index in [1.165, 1.54) is 6.07 Å². The second-order valence-corrected chi connectivity index (χ2v) is 8.86. The Morgan fingerprint density at radius 1 is 0.862 bits per heavy atom. The molecule has 2 N–H and O–H groups in total. The Morgan fingerprint density at radius 2 is 1.48 bits per heavy atom. The lowest BCUT2D eigenvalue weighted by Gasteiger charge is -2.20. The molecule has 4 rings (SSSR count). The number of hydrogen-bond donors (Lipinski definition) is 2. The summed E-state index contributed by atoms with van der Waals surface area (Å²) in [5.74, 6) is -0.135. The largest absolute Gasteiger partial charge is 0.326 e. The molecule has 0 saturated heterocycles. The Kier molecular flexibility index (Phi) is 5.47. The summed E-state index contributed by atoms with van der Waals surface area (Å²) in [6, 6.07) is 24.6.